The predicted octanol–water partition coefficient (Wildman–Crippen LogP) is 5.07. The lowest BCUT2D eigenvalue weighted by Crippen LogP contribution is -2.10. The van der Waals surface area contributed by atoms with E-state index in [1.807, 2.05) is 5.38 Å². The van der Waals surface area contributed by atoms with E-state index in [9.17, 15) is 4.79 Å². The maximum atomic E-state index is 11.6. The molecule has 2 rings (SSSR count). The van der Waals surface area contributed by atoms with Gasteiger partial charge in [-0.05, 0) is 24.6 Å². The van der Waals surface area contributed by atoms with Gasteiger partial charge in [0.1, 0.15) is 0 Å². The number of alkyl halides is 1. The van der Waals surface area contributed by atoms with Gasteiger partial charge in [-0.2, -0.15) is 0 Å². The molecule has 0 atom stereocenters. The van der Waals surface area contributed by atoms with Gasteiger partial charge in [0.25, 0.3) is 0 Å². The van der Waals surface area contributed by atoms with Gasteiger partial charge in [-0.3, -0.25) is 4.79 Å². The number of hydrogen-bond acceptors (Lipinski definition) is 3. The fourth-order valence-electron chi connectivity index (χ4n) is 1.56. The third kappa shape index (κ3) is 4.09. The van der Waals surface area contributed by atoms with E-state index in [2.05, 4.69) is 10.3 Å². The Morgan fingerprint density at radius 1 is 1.35 bits per heavy atom. The second kappa shape index (κ2) is 7.27. The zero-order valence-electron chi connectivity index (χ0n) is 10.3. The molecule has 1 N–H and O–H groups in total. The fraction of sp³-hybridized carbons (Fsp3) is 0.231. The highest BCUT2D eigenvalue weighted by atomic mass is 35.5. The van der Waals surface area contributed by atoms with Crippen molar-refractivity contribution in [1.82, 2.24) is 4.98 Å². The van der Waals surface area contributed by atoms with Gasteiger partial charge >= 0.3 is 0 Å². The minimum Gasteiger partial charge on any atom is -0.302 e. The largest absolute Gasteiger partial charge is 0.302 e. The van der Waals surface area contributed by atoms with Gasteiger partial charge in [0.15, 0.2) is 5.13 Å². The first kappa shape index (κ1) is 15.6. The van der Waals surface area contributed by atoms with Crippen molar-refractivity contribution in [3.63, 3.8) is 0 Å². The molecule has 0 unspecified atom stereocenters. The molecule has 3 nitrogen and oxygen atoms in total. The monoisotopic (exact) mass is 348 g/mol. The molecular weight excluding hydrogens is 339 g/mol. The molecule has 0 saturated heterocycles. The van der Waals surface area contributed by atoms with E-state index in [0.717, 1.165) is 5.56 Å². The molecule has 20 heavy (non-hydrogen) atoms. The molecule has 0 fully saturated rings. The van der Waals surface area contributed by atoms with E-state index in [-0.39, 0.29) is 5.91 Å². The Labute approximate surface area is 135 Å². The van der Waals surface area contributed by atoms with Crippen LogP contribution in [0, 0.1) is 0 Å². The zero-order chi connectivity index (χ0) is 14.5. The highest BCUT2D eigenvalue weighted by Gasteiger charge is 2.10. The standard InChI is InChI=1S/C13H11Cl3N2OS/c14-5-1-2-12(19)18-13-17-11(7-20-13)9-4-3-8(15)6-10(9)16/h3-4,6-7H,1-2,5H2,(H,17,18,19). The van der Waals surface area contributed by atoms with Crippen molar-refractivity contribution in [2.24, 2.45) is 0 Å². The number of nitrogens with zero attached hydrogens (tertiary/aromatic N) is 1. The number of amides is 1. The van der Waals surface area contributed by atoms with Crippen molar-refractivity contribution < 1.29 is 4.79 Å². The fourth-order valence-corrected chi connectivity index (χ4v) is 2.93. The van der Waals surface area contributed by atoms with Gasteiger partial charge in [0, 0.05) is 28.3 Å². The van der Waals surface area contributed by atoms with Crippen LogP contribution in [-0.2, 0) is 4.79 Å². The minimum absolute atomic E-state index is 0.0891. The van der Waals surface area contributed by atoms with Gasteiger partial charge in [-0.25, -0.2) is 4.98 Å². The highest BCUT2D eigenvalue weighted by Crippen LogP contribution is 2.32. The first-order chi connectivity index (χ1) is 9.60. The highest BCUT2D eigenvalue weighted by molar-refractivity contribution is 7.14. The van der Waals surface area contributed by atoms with Crippen LogP contribution < -0.4 is 5.32 Å². The molecule has 1 heterocycles. The zero-order valence-corrected chi connectivity index (χ0v) is 13.4. The van der Waals surface area contributed by atoms with Gasteiger partial charge in [-0.1, -0.05) is 23.2 Å². The average Bonchev–Trinajstić information content (AvgIpc) is 2.84. The summed E-state index contributed by atoms with van der Waals surface area (Å²) in [7, 11) is 0. The van der Waals surface area contributed by atoms with Crippen molar-refractivity contribution in [1.29, 1.82) is 0 Å². The Bertz CT molecular complexity index is 615. The maximum Gasteiger partial charge on any atom is 0.226 e. The van der Waals surface area contributed by atoms with Crippen LogP contribution >= 0.6 is 46.1 Å². The van der Waals surface area contributed by atoms with Crippen molar-refractivity contribution in [3.05, 3.63) is 33.6 Å². The van der Waals surface area contributed by atoms with Crippen molar-refractivity contribution in [2.45, 2.75) is 12.8 Å². The van der Waals surface area contributed by atoms with Gasteiger partial charge < -0.3 is 5.32 Å². The summed E-state index contributed by atoms with van der Waals surface area (Å²) < 4.78 is 0. The van der Waals surface area contributed by atoms with E-state index in [0.29, 0.717) is 39.6 Å². The van der Waals surface area contributed by atoms with Crippen LogP contribution in [0.4, 0.5) is 5.13 Å². The van der Waals surface area contributed by atoms with E-state index in [4.69, 9.17) is 34.8 Å². The molecular formula is C13H11Cl3N2OS. The Kier molecular flexibility index (Phi) is 5.66. The average molecular weight is 350 g/mol. The number of anilines is 1. The van der Waals surface area contributed by atoms with Gasteiger partial charge in [0.2, 0.25) is 5.91 Å². The molecule has 7 heteroatoms. The number of benzene rings is 1. The van der Waals surface area contributed by atoms with Crippen molar-refractivity contribution in [3.8, 4) is 11.3 Å². The predicted molar refractivity (Wildman–Crippen MR) is 86.2 cm³/mol. The number of carbonyl (C=O) groups excluding carboxylic acids is 1. The Morgan fingerprint density at radius 3 is 2.85 bits per heavy atom. The molecule has 0 aliphatic rings. The second-order valence-electron chi connectivity index (χ2n) is 4.00. The molecule has 1 aromatic carbocycles. The molecule has 0 aliphatic heterocycles. The number of carbonyl (C=O) groups is 1. The van der Waals surface area contributed by atoms with E-state index in [1.54, 1.807) is 18.2 Å². The molecule has 106 valence electrons. The number of nitrogens with one attached hydrogen (secondary N) is 1. The van der Waals surface area contributed by atoms with E-state index >= 15 is 0 Å². The minimum atomic E-state index is -0.0891. The number of hydrogen-bond donors (Lipinski definition) is 1. The molecule has 1 amide bonds. The number of halogens is 3. The Balaban J connectivity index is 2.10. The van der Waals surface area contributed by atoms with Crippen LogP contribution in [0.2, 0.25) is 10.0 Å². The molecule has 0 saturated carbocycles. The summed E-state index contributed by atoms with van der Waals surface area (Å²) in [4.78, 5) is 15.9. The molecule has 0 aliphatic carbocycles. The summed E-state index contributed by atoms with van der Waals surface area (Å²) in [6, 6.07) is 5.22. The third-order valence-electron chi connectivity index (χ3n) is 2.50. The molecule has 0 spiro atoms. The number of rotatable bonds is 5. The molecule has 0 radical (unpaired) electrons. The first-order valence-electron chi connectivity index (χ1n) is 5.87. The van der Waals surface area contributed by atoms with E-state index < -0.39 is 0 Å². The van der Waals surface area contributed by atoms with Crippen LogP contribution in [0.25, 0.3) is 11.3 Å². The lowest BCUT2D eigenvalue weighted by molar-refractivity contribution is -0.116. The quantitative estimate of drug-likeness (QED) is 0.765. The summed E-state index contributed by atoms with van der Waals surface area (Å²) >= 11 is 18.9. The summed E-state index contributed by atoms with van der Waals surface area (Å²) in [6.45, 7) is 0. The number of aromatic nitrogens is 1. The third-order valence-corrected chi connectivity index (χ3v) is 4.07. The SMILES string of the molecule is O=C(CCCCl)Nc1nc(-c2ccc(Cl)cc2Cl)cs1. The summed E-state index contributed by atoms with van der Waals surface area (Å²) in [5.74, 6) is 0.380. The van der Waals surface area contributed by atoms with Crippen molar-refractivity contribution in [2.75, 3.05) is 11.2 Å². The Hall–Kier alpha value is -0.810. The van der Waals surface area contributed by atoms with Crippen LogP contribution in [0.15, 0.2) is 23.6 Å². The number of thiazole rings is 1. The van der Waals surface area contributed by atoms with Crippen LogP contribution in [0.1, 0.15) is 12.8 Å². The smallest absolute Gasteiger partial charge is 0.226 e. The van der Waals surface area contributed by atoms with Crippen LogP contribution in [-0.4, -0.2) is 16.8 Å². The van der Waals surface area contributed by atoms with E-state index in [1.165, 1.54) is 11.3 Å². The van der Waals surface area contributed by atoms with Crippen LogP contribution in [0.5, 0.6) is 0 Å². The van der Waals surface area contributed by atoms with Crippen molar-refractivity contribution >= 4 is 57.2 Å². The Morgan fingerprint density at radius 2 is 2.15 bits per heavy atom. The lowest BCUT2D eigenvalue weighted by atomic mass is 10.2. The summed E-state index contributed by atoms with van der Waals surface area (Å²) in [6.07, 6.45) is 1.04. The molecule has 1 aromatic heterocycles. The van der Waals surface area contributed by atoms with Gasteiger partial charge in [-0.15, -0.1) is 22.9 Å². The van der Waals surface area contributed by atoms with Gasteiger partial charge in [0.05, 0.1) is 10.7 Å². The molecule has 2 aromatic rings. The summed E-state index contributed by atoms with van der Waals surface area (Å²) in [5.41, 5.74) is 1.50. The normalized spacial score (nSPS) is 10.6. The lowest BCUT2D eigenvalue weighted by Gasteiger charge is -2.01. The topological polar surface area (TPSA) is 42.0 Å². The molecule has 0 bridgehead atoms. The first-order valence-corrected chi connectivity index (χ1v) is 8.04. The van der Waals surface area contributed by atoms with Crippen LogP contribution in [0.3, 0.4) is 0 Å². The maximum absolute atomic E-state index is 11.6. The second-order valence-corrected chi connectivity index (χ2v) is 6.08. The summed E-state index contributed by atoms with van der Waals surface area (Å²) in [5, 5.41) is 6.23.